The van der Waals surface area contributed by atoms with Crippen LogP contribution in [0.15, 0.2) is 0 Å². The normalized spacial score (nSPS) is 10.6. The lowest BCUT2D eigenvalue weighted by Gasteiger charge is -2.35. The lowest BCUT2D eigenvalue weighted by Crippen LogP contribution is -2.56. The number of hydrogen-bond acceptors (Lipinski definition) is 5. The van der Waals surface area contributed by atoms with Crippen molar-refractivity contribution in [2.75, 3.05) is 80.0 Å². The first-order valence-electron chi connectivity index (χ1n) is 12.3. The molecule has 0 N–H and O–H groups in total. The van der Waals surface area contributed by atoms with Crippen molar-refractivity contribution in [3.8, 4) is 0 Å². The number of nitrogens with zero attached hydrogens (tertiary/aromatic N) is 3. The summed E-state index contributed by atoms with van der Waals surface area (Å²) in [4.78, 5) is 19.1. The molecule has 0 fully saturated rings. The molecule has 0 rings (SSSR count). The van der Waals surface area contributed by atoms with E-state index in [4.69, 9.17) is 15.1 Å². The Kier molecular flexibility index (Phi) is 33.6. The maximum Gasteiger partial charge on any atom is 0.299 e. The first-order valence-corrected chi connectivity index (χ1v) is 13.5. The molecular weight excluding hydrogens is 524 g/mol. The summed E-state index contributed by atoms with van der Waals surface area (Å²) in [5.41, 5.74) is 0. The second-order valence-electron chi connectivity index (χ2n) is 8.54. The van der Waals surface area contributed by atoms with Crippen LogP contribution in [0, 0.1) is 0 Å². The minimum absolute atomic E-state index is 0.802. The number of rotatable bonds is 10. The van der Waals surface area contributed by atoms with Gasteiger partial charge in [-0.1, -0.05) is 0 Å². The van der Waals surface area contributed by atoms with Gasteiger partial charge in [0.1, 0.15) is 0 Å². The Morgan fingerprint density at radius 1 is 0.588 bits per heavy atom. The van der Waals surface area contributed by atoms with Crippen LogP contribution in [0.3, 0.4) is 0 Å². The number of halogens is 2. The molecule has 0 heterocycles. The molecule has 208 valence electrons. The maximum atomic E-state index is 9.58. The van der Waals surface area contributed by atoms with E-state index < -0.39 is 17.3 Å². The van der Waals surface area contributed by atoms with Gasteiger partial charge < -0.3 is 28.5 Å². The zero-order chi connectivity index (χ0) is 28.6. The van der Waals surface area contributed by atoms with Crippen molar-refractivity contribution in [2.24, 2.45) is 0 Å². The van der Waals surface area contributed by atoms with Crippen LogP contribution in [0.1, 0.15) is 62.3 Å². The fourth-order valence-electron chi connectivity index (χ4n) is 2.01. The quantitative estimate of drug-likeness (QED) is 0.168. The van der Waals surface area contributed by atoms with Gasteiger partial charge in [0.25, 0.3) is 9.93 Å². The van der Waals surface area contributed by atoms with E-state index in [1.807, 2.05) is 0 Å². The summed E-state index contributed by atoms with van der Waals surface area (Å²) in [5, 5.41) is 24.3. The minimum Gasteiger partial charge on any atom is -0.907 e. The van der Waals surface area contributed by atoms with Crippen LogP contribution in [0.5, 0.6) is 0 Å². The van der Waals surface area contributed by atoms with Crippen molar-refractivity contribution in [1.82, 2.24) is 0 Å². The number of hydrogen-bond donors (Lipinski definition) is 0. The van der Waals surface area contributed by atoms with E-state index in [2.05, 4.69) is 111 Å². The van der Waals surface area contributed by atoms with Gasteiger partial charge in [-0.2, -0.15) is 0 Å². The van der Waals surface area contributed by atoms with Crippen molar-refractivity contribution >= 4 is 44.8 Å². The summed E-state index contributed by atoms with van der Waals surface area (Å²) < 4.78 is 2.82. The Balaban J connectivity index is -0.000000105. The topological polar surface area (TPSA) is 103 Å². The molecule has 0 atom stereocenters. The number of carbonyl (C=O) groups is 2. The molecule has 0 saturated carbocycles. The highest BCUT2D eigenvalue weighted by molar-refractivity contribution is 9.19. The number of quaternary nitrogens is 3. The van der Waals surface area contributed by atoms with Gasteiger partial charge in [-0.3, -0.25) is 16.9 Å². The van der Waals surface area contributed by atoms with Gasteiger partial charge in [-0.15, -0.1) is 0 Å². The largest absolute Gasteiger partial charge is 0.907 e. The van der Waals surface area contributed by atoms with Gasteiger partial charge in [0.15, 0.2) is 0 Å². The van der Waals surface area contributed by atoms with Crippen molar-refractivity contribution in [3.63, 3.8) is 0 Å². The van der Waals surface area contributed by atoms with Crippen molar-refractivity contribution in [1.29, 1.82) is 0 Å². The maximum absolute atomic E-state index is 9.58. The third-order valence-corrected chi connectivity index (χ3v) is 7.79. The summed E-state index contributed by atoms with van der Waals surface area (Å²) >= 11 is 6.90. The van der Waals surface area contributed by atoms with E-state index in [-0.39, 0.29) is 0 Å². The van der Waals surface area contributed by atoms with Crippen molar-refractivity contribution in [2.45, 2.75) is 62.3 Å². The van der Waals surface area contributed by atoms with Gasteiger partial charge >= 0.3 is 0 Å². The highest BCUT2D eigenvalue weighted by Gasteiger charge is 2.12. The van der Waals surface area contributed by atoms with Crippen LogP contribution in [0.2, 0.25) is 0 Å². The van der Waals surface area contributed by atoms with Crippen LogP contribution in [-0.4, -0.2) is 111 Å². The molecule has 0 aliphatic carbocycles. The molecule has 0 aromatic heterocycles. The van der Waals surface area contributed by atoms with E-state index >= 15 is 0 Å². The molecule has 0 aliphatic rings. The highest BCUT2D eigenvalue weighted by atomic mass is 79.9. The monoisotopic (exact) mass is 577 g/mol. The average Bonchev–Trinajstić information content (AvgIpc) is 2.83. The molecule has 0 spiro atoms. The fourth-order valence-corrected chi connectivity index (χ4v) is 2.01. The Morgan fingerprint density at radius 3 is 0.676 bits per heavy atom. The zero-order valence-corrected chi connectivity index (χ0v) is 26.4. The van der Waals surface area contributed by atoms with Crippen molar-refractivity contribution < 1.29 is 38.1 Å². The van der Waals surface area contributed by atoms with Crippen LogP contribution in [0.4, 0.5) is 0 Å². The van der Waals surface area contributed by atoms with Crippen LogP contribution in [-0.2, 0) is 9.59 Å². The molecule has 0 unspecified atom stereocenters. The van der Waals surface area contributed by atoms with Gasteiger partial charge in [0, 0.05) is 15.9 Å². The summed E-state index contributed by atoms with van der Waals surface area (Å²) in [6.07, 6.45) is 0. The van der Waals surface area contributed by atoms with Gasteiger partial charge in [0.05, 0.1) is 80.0 Å². The standard InChI is InChI=1S/3C7H18N.C2BrClO2.BO3/c3*1-5-8(4,6-2)7-3;3-1(5)2(4)6;2-1(3)4/h3*5-7H2,1-4H3;;/q3*+1;;-3. The molecule has 34 heavy (non-hydrogen) atoms. The van der Waals surface area contributed by atoms with Gasteiger partial charge in [-0.05, 0) is 73.9 Å². The molecule has 11 heteroatoms. The summed E-state index contributed by atoms with van der Waals surface area (Å²) in [6, 6.07) is 0. The highest BCUT2D eigenvalue weighted by Crippen LogP contribution is 1.99. The average molecular weight is 579 g/mol. The zero-order valence-electron chi connectivity index (χ0n) is 24.1. The van der Waals surface area contributed by atoms with Gasteiger partial charge in [-0.25, -0.2) is 0 Å². The Hall–Kier alpha value is -0.0651. The number of carbonyl (C=O) groups excluding carboxylic acids is 2. The summed E-state index contributed by atoms with van der Waals surface area (Å²) in [6.45, 7) is 31.5. The first-order chi connectivity index (χ1) is 15.4. The van der Waals surface area contributed by atoms with E-state index in [0.29, 0.717) is 0 Å². The molecule has 0 aromatic carbocycles. The molecule has 0 saturated heterocycles. The molecule has 8 nitrogen and oxygen atoms in total. The molecule has 0 aliphatic heterocycles. The third kappa shape index (κ3) is 31.9. The molecular formula is C23H54BBrClN3O5. The predicted octanol–water partition coefficient (Wildman–Crippen LogP) is 1.20. The second-order valence-corrected chi connectivity index (χ2v) is 9.60. The molecule has 0 aromatic rings. The smallest absolute Gasteiger partial charge is 0.299 e. The Morgan fingerprint density at radius 2 is 0.676 bits per heavy atom. The minimum atomic E-state index is -2.92. The molecule has 0 amide bonds. The lowest BCUT2D eigenvalue weighted by molar-refractivity contribution is -0.904. The fraction of sp³-hybridized carbons (Fsp3) is 0.913. The summed E-state index contributed by atoms with van der Waals surface area (Å²) in [5.74, 6) is 0. The van der Waals surface area contributed by atoms with E-state index in [9.17, 15) is 9.59 Å². The Bertz CT molecular complexity index is 395. The Labute approximate surface area is 225 Å². The first kappa shape index (κ1) is 44.0. The SMILES string of the molecule is CC[N+](C)(CC)CC.CC[N+](C)(CC)CC.CC[N+](C)(CC)CC.O=C(Cl)C(=O)Br.[O-]B([O-])[O-]. The van der Waals surface area contributed by atoms with Gasteiger partial charge in [0.2, 0.25) is 0 Å². The van der Waals surface area contributed by atoms with E-state index in [1.54, 1.807) is 0 Å². The van der Waals surface area contributed by atoms with Crippen LogP contribution >= 0.6 is 27.5 Å². The summed E-state index contributed by atoms with van der Waals surface area (Å²) in [7, 11) is 3.96. The van der Waals surface area contributed by atoms with Crippen molar-refractivity contribution in [3.05, 3.63) is 0 Å². The lowest BCUT2D eigenvalue weighted by atomic mass is 10.3. The predicted molar refractivity (Wildman–Crippen MR) is 144 cm³/mol. The molecule has 0 radical (unpaired) electrons. The molecule has 0 bridgehead atoms. The van der Waals surface area contributed by atoms with E-state index in [0.717, 1.165) is 0 Å². The van der Waals surface area contributed by atoms with Crippen LogP contribution < -0.4 is 15.1 Å². The third-order valence-electron chi connectivity index (χ3n) is 7.03. The second kappa shape index (κ2) is 26.0. The van der Waals surface area contributed by atoms with E-state index in [1.165, 1.54) is 72.4 Å². The van der Waals surface area contributed by atoms with Crippen LogP contribution in [0.25, 0.3) is 0 Å².